The Balaban J connectivity index is 2.35. The van der Waals surface area contributed by atoms with Crippen molar-refractivity contribution in [3.63, 3.8) is 0 Å². The second-order valence-electron chi connectivity index (χ2n) is 4.52. The van der Waals surface area contributed by atoms with E-state index in [2.05, 4.69) is 38.1 Å². The van der Waals surface area contributed by atoms with Crippen LogP contribution in [-0.2, 0) is 4.74 Å². The monoisotopic (exact) mass is 254 g/mol. The van der Waals surface area contributed by atoms with Gasteiger partial charge in [0.2, 0.25) is 0 Å². The van der Waals surface area contributed by atoms with Gasteiger partial charge in [0, 0.05) is 19.1 Å². The molecule has 0 bridgehead atoms. The molecule has 0 saturated heterocycles. The molecule has 0 radical (unpaired) electrons. The molecule has 17 heavy (non-hydrogen) atoms. The molecule has 0 aliphatic carbocycles. The molecule has 2 heteroatoms. The maximum Gasteiger partial charge on any atom is 0.0472 e. The molecule has 96 valence electrons. The van der Waals surface area contributed by atoms with Crippen molar-refractivity contribution < 1.29 is 4.74 Å². The van der Waals surface area contributed by atoms with Gasteiger partial charge < -0.3 is 4.74 Å². The molecule has 0 fully saturated rings. The quantitative estimate of drug-likeness (QED) is 0.489. The van der Waals surface area contributed by atoms with Crippen LogP contribution in [-0.4, -0.2) is 19.1 Å². The Bertz CT molecular complexity index is 294. The first-order valence-corrected chi connectivity index (χ1v) is 7.01. The molecule has 0 aromatic heterocycles. The number of hydrogen-bond donors (Lipinski definition) is 0. The van der Waals surface area contributed by atoms with Crippen molar-refractivity contribution in [2.45, 2.75) is 39.0 Å². The van der Waals surface area contributed by atoms with Gasteiger partial charge in [-0.25, -0.2) is 0 Å². The van der Waals surface area contributed by atoms with Crippen molar-refractivity contribution in [1.82, 2.24) is 0 Å². The Labute approximate surface area is 110 Å². The summed E-state index contributed by atoms with van der Waals surface area (Å²) >= 11 is 6.03. The summed E-state index contributed by atoms with van der Waals surface area (Å²) in [5, 5.41) is 0. The van der Waals surface area contributed by atoms with E-state index in [1.165, 1.54) is 17.5 Å². The van der Waals surface area contributed by atoms with Crippen molar-refractivity contribution in [2.24, 2.45) is 0 Å². The van der Waals surface area contributed by atoms with E-state index in [9.17, 15) is 0 Å². The highest BCUT2D eigenvalue weighted by Crippen LogP contribution is 2.21. The Morgan fingerprint density at radius 1 is 1.18 bits per heavy atom. The van der Waals surface area contributed by atoms with Crippen LogP contribution in [0.4, 0.5) is 0 Å². The molecule has 1 nitrogen and oxygen atoms in total. The van der Waals surface area contributed by atoms with E-state index in [1.54, 1.807) is 0 Å². The predicted molar refractivity (Wildman–Crippen MR) is 75.0 cm³/mol. The minimum absolute atomic E-state index is 0.416. The molecular weight excluding hydrogens is 232 g/mol. The van der Waals surface area contributed by atoms with Crippen LogP contribution >= 0.6 is 11.6 Å². The topological polar surface area (TPSA) is 9.23 Å². The minimum Gasteiger partial charge on any atom is -0.381 e. The SMILES string of the molecule is CCCCOCCC(CCl)c1ccc(C)cc1. The summed E-state index contributed by atoms with van der Waals surface area (Å²) in [7, 11) is 0. The molecule has 1 rings (SSSR count). The third-order valence-electron chi connectivity index (χ3n) is 2.99. The smallest absolute Gasteiger partial charge is 0.0472 e. The fourth-order valence-corrected chi connectivity index (χ4v) is 2.08. The zero-order valence-electron chi connectivity index (χ0n) is 10.9. The summed E-state index contributed by atoms with van der Waals surface area (Å²) in [6.07, 6.45) is 3.35. The van der Waals surface area contributed by atoms with Gasteiger partial charge in [-0.1, -0.05) is 43.2 Å². The van der Waals surface area contributed by atoms with Crippen molar-refractivity contribution >= 4 is 11.6 Å². The van der Waals surface area contributed by atoms with Gasteiger partial charge in [0.25, 0.3) is 0 Å². The lowest BCUT2D eigenvalue weighted by molar-refractivity contribution is 0.125. The molecule has 0 N–H and O–H groups in total. The number of unbranched alkanes of at least 4 members (excludes halogenated alkanes) is 1. The van der Waals surface area contributed by atoms with Crippen LogP contribution in [0.5, 0.6) is 0 Å². The lowest BCUT2D eigenvalue weighted by atomic mass is 9.97. The zero-order valence-corrected chi connectivity index (χ0v) is 11.7. The summed E-state index contributed by atoms with van der Waals surface area (Å²) in [4.78, 5) is 0. The highest BCUT2D eigenvalue weighted by Gasteiger charge is 2.09. The Hall–Kier alpha value is -0.530. The van der Waals surface area contributed by atoms with E-state index in [0.717, 1.165) is 26.1 Å². The Morgan fingerprint density at radius 3 is 2.47 bits per heavy atom. The minimum atomic E-state index is 0.416. The van der Waals surface area contributed by atoms with Crippen LogP contribution in [0, 0.1) is 6.92 Å². The van der Waals surface area contributed by atoms with Gasteiger partial charge in [0.15, 0.2) is 0 Å². The van der Waals surface area contributed by atoms with Crippen molar-refractivity contribution in [2.75, 3.05) is 19.1 Å². The van der Waals surface area contributed by atoms with Crippen LogP contribution in [0.1, 0.15) is 43.2 Å². The summed E-state index contributed by atoms with van der Waals surface area (Å²) in [5.41, 5.74) is 2.62. The lowest BCUT2D eigenvalue weighted by Gasteiger charge is -2.14. The second kappa shape index (κ2) is 8.54. The van der Waals surface area contributed by atoms with Crippen molar-refractivity contribution in [3.8, 4) is 0 Å². The average Bonchev–Trinajstić information content (AvgIpc) is 2.35. The maximum atomic E-state index is 6.03. The van der Waals surface area contributed by atoms with E-state index < -0.39 is 0 Å². The summed E-state index contributed by atoms with van der Waals surface area (Å²) in [5.74, 6) is 1.08. The number of ether oxygens (including phenoxy) is 1. The van der Waals surface area contributed by atoms with Crippen LogP contribution in [0.3, 0.4) is 0 Å². The largest absolute Gasteiger partial charge is 0.381 e. The Morgan fingerprint density at radius 2 is 1.88 bits per heavy atom. The zero-order chi connectivity index (χ0) is 12.5. The van der Waals surface area contributed by atoms with E-state index in [-0.39, 0.29) is 0 Å². The fourth-order valence-electron chi connectivity index (χ4n) is 1.75. The molecular formula is C15H23ClO. The lowest BCUT2D eigenvalue weighted by Crippen LogP contribution is -2.06. The van der Waals surface area contributed by atoms with Crippen LogP contribution in [0.25, 0.3) is 0 Å². The van der Waals surface area contributed by atoms with Gasteiger partial charge in [0.05, 0.1) is 0 Å². The van der Waals surface area contributed by atoms with E-state index in [1.807, 2.05) is 0 Å². The first-order chi connectivity index (χ1) is 8.27. The van der Waals surface area contributed by atoms with Gasteiger partial charge in [-0.2, -0.15) is 0 Å². The van der Waals surface area contributed by atoms with Gasteiger partial charge in [-0.05, 0) is 31.2 Å². The summed E-state index contributed by atoms with van der Waals surface area (Å²) in [6.45, 7) is 5.97. The fraction of sp³-hybridized carbons (Fsp3) is 0.600. The number of halogens is 1. The molecule has 1 aromatic rings. The summed E-state index contributed by atoms with van der Waals surface area (Å²) in [6, 6.07) is 8.64. The molecule has 1 atom stereocenters. The molecule has 0 aliphatic rings. The standard InChI is InChI=1S/C15H23ClO/c1-3-4-10-17-11-9-15(12-16)14-7-5-13(2)6-8-14/h5-8,15H,3-4,9-12H2,1-2H3. The molecule has 1 aromatic carbocycles. The van der Waals surface area contributed by atoms with E-state index in [0.29, 0.717) is 11.8 Å². The Kier molecular flexibility index (Phi) is 7.30. The van der Waals surface area contributed by atoms with Crippen LogP contribution in [0.15, 0.2) is 24.3 Å². The van der Waals surface area contributed by atoms with Crippen LogP contribution in [0.2, 0.25) is 0 Å². The number of aryl methyl sites for hydroxylation is 1. The molecule has 0 aliphatic heterocycles. The normalized spacial score (nSPS) is 12.6. The molecule has 0 spiro atoms. The van der Waals surface area contributed by atoms with Gasteiger partial charge >= 0.3 is 0 Å². The first kappa shape index (κ1) is 14.5. The summed E-state index contributed by atoms with van der Waals surface area (Å²) < 4.78 is 5.59. The maximum absolute atomic E-state index is 6.03. The van der Waals surface area contributed by atoms with E-state index >= 15 is 0 Å². The molecule has 1 unspecified atom stereocenters. The van der Waals surface area contributed by atoms with E-state index in [4.69, 9.17) is 16.3 Å². The number of alkyl halides is 1. The van der Waals surface area contributed by atoms with Gasteiger partial charge in [0.1, 0.15) is 0 Å². The number of rotatable bonds is 8. The highest BCUT2D eigenvalue weighted by molar-refractivity contribution is 6.18. The van der Waals surface area contributed by atoms with Gasteiger partial charge in [-0.3, -0.25) is 0 Å². The first-order valence-electron chi connectivity index (χ1n) is 6.48. The molecule has 0 saturated carbocycles. The highest BCUT2D eigenvalue weighted by atomic mass is 35.5. The van der Waals surface area contributed by atoms with Gasteiger partial charge in [-0.15, -0.1) is 11.6 Å². The molecule has 0 amide bonds. The second-order valence-corrected chi connectivity index (χ2v) is 4.83. The number of benzene rings is 1. The van der Waals surface area contributed by atoms with Crippen molar-refractivity contribution in [1.29, 1.82) is 0 Å². The molecule has 0 heterocycles. The number of hydrogen-bond acceptors (Lipinski definition) is 1. The third kappa shape index (κ3) is 5.56. The third-order valence-corrected chi connectivity index (χ3v) is 3.36. The van der Waals surface area contributed by atoms with Crippen LogP contribution < -0.4 is 0 Å². The predicted octanol–water partition coefficient (Wildman–Crippen LogP) is 4.52. The average molecular weight is 255 g/mol. The van der Waals surface area contributed by atoms with Crippen molar-refractivity contribution in [3.05, 3.63) is 35.4 Å².